The number of carbonyl (C=O) groups excluding carboxylic acids is 1. The topological polar surface area (TPSA) is 76.3 Å². The molecule has 2 heterocycles. The van der Waals surface area contributed by atoms with Gasteiger partial charge in [-0.1, -0.05) is 11.6 Å². The van der Waals surface area contributed by atoms with E-state index in [0.29, 0.717) is 19.4 Å². The van der Waals surface area contributed by atoms with Crippen LogP contribution in [0.2, 0.25) is 5.02 Å². The fourth-order valence-corrected chi connectivity index (χ4v) is 1.97. The summed E-state index contributed by atoms with van der Waals surface area (Å²) in [5.74, 6) is 0.287. The number of nitro groups is 1. The quantitative estimate of drug-likeness (QED) is 0.595. The van der Waals surface area contributed by atoms with E-state index in [0.717, 1.165) is 0 Å². The Morgan fingerprint density at radius 1 is 1.53 bits per heavy atom. The summed E-state index contributed by atoms with van der Waals surface area (Å²) in [5, 5.41) is 11.1. The Kier molecular flexibility index (Phi) is 3.23. The zero-order valence-electron chi connectivity index (χ0n) is 8.93. The summed E-state index contributed by atoms with van der Waals surface area (Å²) in [6.45, 7) is 0.774. The number of halogens is 1. The smallest absolute Gasteiger partial charge is 0.313 e. The van der Waals surface area contributed by atoms with E-state index >= 15 is 0 Å². The van der Waals surface area contributed by atoms with Crippen LogP contribution in [0.15, 0.2) is 12.3 Å². The highest BCUT2D eigenvalue weighted by Crippen LogP contribution is 2.29. The van der Waals surface area contributed by atoms with Gasteiger partial charge in [-0.2, -0.15) is 0 Å². The molecule has 1 fully saturated rings. The molecule has 0 radical (unpaired) electrons. The largest absolute Gasteiger partial charge is 0.344 e. The van der Waals surface area contributed by atoms with E-state index in [-0.39, 0.29) is 28.9 Å². The summed E-state index contributed by atoms with van der Waals surface area (Å²) >= 11 is 5.68. The van der Waals surface area contributed by atoms with Gasteiger partial charge in [0, 0.05) is 25.2 Å². The van der Waals surface area contributed by atoms with Crippen molar-refractivity contribution in [2.75, 3.05) is 18.0 Å². The zero-order valence-corrected chi connectivity index (χ0v) is 9.68. The molecular formula is C10H10ClN3O3. The third-order valence-corrected chi connectivity index (χ3v) is 2.77. The molecule has 7 heteroatoms. The Balaban J connectivity index is 2.37. The fraction of sp³-hybridized carbons (Fsp3) is 0.400. The second kappa shape index (κ2) is 4.67. The van der Waals surface area contributed by atoms with Crippen LogP contribution in [0.25, 0.3) is 0 Å². The number of pyridine rings is 1. The Hall–Kier alpha value is -1.69. The van der Waals surface area contributed by atoms with Gasteiger partial charge < -0.3 is 4.90 Å². The van der Waals surface area contributed by atoms with Gasteiger partial charge in [0.15, 0.2) is 5.78 Å². The first-order chi connectivity index (χ1) is 8.08. The summed E-state index contributed by atoms with van der Waals surface area (Å²) in [4.78, 5) is 27.3. The van der Waals surface area contributed by atoms with Crippen LogP contribution in [0.3, 0.4) is 0 Å². The lowest BCUT2D eigenvalue weighted by atomic mass is 10.1. The molecule has 1 aromatic heterocycles. The molecule has 6 nitrogen and oxygen atoms in total. The van der Waals surface area contributed by atoms with Crippen LogP contribution >= 0.6 is 11.6 Å². The molecule has 2 rings (SSSR count). The number of ketones is 1. The normalized spacial score (nSPS) is 16.1. The molecule has 90 valence electrons. The molecule has 1 aliphatic rings. The molecule has 17 heavy (non-hydrogen) atoms. The lowest BCUT2D eigenvalue weighted by molar-refractivity contribution is -0.384. The minimum atomic E-state index is -0.534. The molecule has 0 aliphatic carbocycles. The molecule has 1 aromatic rings. The molecule has 0 unspecified atom stereocenters. The van der Waals surface area contributed by atoms with Crippen molar-refractivity contribution >= 4 is 28.9 Å². The van der Waals surface area contributed by atoms with Crippen LogP contribution in [0.4, 0.5) is 11.5 Å². The maximum absolute atomic E-state index is 11.3. The number of carbonyl (C=O) groups is 1. The summed E-state index contributed by atoms with van der Waals surface area (Å²) in [5.41, 5.74) is -0.160. The standard InChI is InChI=1S/C10H10ClN3O3/c11-7-4-9(14(16)17)10(12-5-7)13-3-1-2-8(15)6-13/h4-5H,1-3,6H2. The van der Waals surface area contributed by atoms with E-state index in [1.165, 1.54) is 12.3 Å². The molecule has 1 saturated heterocycles. The maximum atomic E-state index is 11.3. The van der Waals surface area contributed by atoms with Gasteiger partial charge in [-0.15, -0.1) is 0 Å². The Bertz CT molecular complexity index is 478. The van der Waals surface area contributed by atoms with Gasteiger partial charge in [-0.25, -0.2) is 4.98 Å². The Morgan fingerprint density at radius 3 is 2.94 bits per heavy atom. The summed E-state index contributed by atoms with van der Waals surface area (Å²) < 4.78 is 0. The van der Waals surface area contributed by atoms with E-state index in [2.05, 4.69) is 4.98 Å². The van der Waals surface area contributed by atoms with E-state index in [4.69, 9.17) is 11.6 Å². The molecule has 1 aliphatic heterocycles. The van der Waals surface area contributed by atoms with Crippen molar-refractivity contribution in [3.8, 4) is 0 Å². The molecule has 0 spiro atoms. The first-order valence-electron chi connectivity index (χ1n) is 5.14. The first kappa shape index (κ1) is 11.8. The number of hydrogen-bond acceptors (Lipinski definition) is 5. The maximum Gasteiger partial charge on any atom is 0.313 e. The van der Waals surface area contributed by atoms with Crippen LogP contribution in [0.1, 0.15) is 12.8 Å². The van der Waals surface area contributed by atoms with Gasteiger partial charge in [0.05, 0.1) is 16.5 Å². The average molecular weight is 256 g/mol. The van der Waals surface area contributed by atoms with Gasteiger partial charge in [0.1, 0.15) is 0 Å². The average Bonchev–Trinajstić information content (AvgIpc) is 2.28. The van der Waals surface area contributed by atoms with Crippen molar-refractivity contribution in [3.63, 3.8) is 0 Å². The third kappa shape index (κ3) is 2.52. The number of rotatable bonds is 2. The van der Waals surface area contributed by atoms with E-state index in [1.807, 2.05) is 0 Å². The van der Waals surface area contributed by atoms with Crippen LogP contribution in [-0.4, -0.2) is 28.8 Å². The number of aromatic nitrogens is 1. The van der Waals surface area contributed by atoms with Crippen LogP contribution in [0.5, 0.6) is 0 Å². The second-order valence-electron chi connectivity index (χ2n) is 3.82. The minimum absolute atomic E-state index is 0.0716. The number of piperidine rings is 1. The van der Waals surface area contributed by atoms with Crippen molar-refractivity contribution in [1.29, 1.82) is 0 Å². The highest BCUT2D eigenvalue weighted by molar-refractivity contribution is 6.30. The SMILES string of the molecule is O=C1CCCN(c2ncc(Cl)cc2[N+](=O)[O-])C1. The van der Waals surface area contributed by atoms with Gasteiger partial charge in [0.2, 0.25) is 5.82 Å². The van der Waals surface area contributed by atoms with Gasteiger partial charge in [0.25, 0.3) is 0 Å². The summed E-state index contributed by atoms with van der Waals surface area (Å²) in [6, 6.07) is 1.25. The molecular weight excluding hydrogens is 246 g/mol. The Labute approximate surface area is 102 Å². The van der Waals surface area contributed by atoms with Crippen LogP contribution in [0, 0.1) is 10.1 Å². The predicted molar refractivity (Wildman–Crippen MR) is 62.4 cm³/mol. The fourth-order valence-electron chi connectivity index (χ4n) is 1.82. The molecule has 0 N–H and O–H groups in total. The molecule has 0 saturated carbocycles. The number of anilines is 1. The third-order valence-electron chi connectivity index (χ3n) is 2.56. The molecule has 0 atom stereocenters. The number of nitrogens with zero attached hydrogens (tertiary/aromatic N) is 3. The predicted octanol–water partition coefficient (Wildman–Crippen LogP) is 1.81. The number of Topliss-reactive ketones (excluding diaryl/α,β-unsaturated/α-hetero) is 1. The highest BCUT2D eigenvalue weighted by Gasteiger charge is 2.25. The van der Waals surface area contributed by atoms with E-state index in [9.17, 15) is 14.9 Å². The van der Waals surface area contributed by atoms with Gasteiger partial charge >= 0.3 is 5.69 Å². The summed E-state index contributed by atoms with van der Waals surface area (Å²) in [7, 11) is 0. The second-order valence-corrected chi connectivity index (χ2v) is 4.25. The monoisotopic (exact) mass is 255 g/mol. The minimum Gasteiger partial charge on any atom is -0.344 e. The van der Waals surface area contributed by atoms with Crippen molar-refractivity contribution in [1.82, 2.24) is 4.98 Å². The van der Waals surface area contributed by atoms with Crippen LogP contribution < -0.4 is 4.90 Å². The van der Waals surface area contributed by atoms with Crippen molar-refractivity contribution in [3.05, 3.63) is 27.4 Å². The molecule has 0 bridgehead atoms. The first-order valence-corrected chi connectivity index (χ1v) is 5.52. The zero-order chi connectivity index (χ0) is 12.4. The lowest BCUT2D eigenvalue weighted by Gasteiger charge is -2.26. The van der Waals surface area contributed by atoms with Crippen LogP contribution in [-0.2, 0) is 4.79 Å². The Morgan fingerprint density at radius 2 is 2.29 bits per heavy atom. The van der Waals surface area contributed by atoms with Gasteiger partial charge in [-0.05, 0) is 6.42 Å². The van der Waals surface area contributed by atoms with E-state index < -0.39 is 4.92 Å². The molecule has 0 amide bonds. The molecule has 0 aromatic carbocycles. The van der Waals surface area contributed by atoms with E-state index in [1.54, 1.807) is 4.90 Å². The number of hydrogen-bond donors (Lipinski definition) is 0. The summed E-state index contributed by atoms with van der Waals surface area (Å²) in [6.07, 6.45) is 2.57. The highest BCUT2D eigenvalue weighted by atomic mass is 35.5. The van der Waals surface area contributed by atoms with Crippen molar-refractivity contribution in [2.45, 2.75) is 12.8 Å². The van der Waals surface area contributed by atoms with Crippen molar-refractivity contribution < 1.29 is 9.72 Å². The lowest BCUT2D eigenvalue weighted by Crippen LogP contribution is -2.36. The van der Waals surface area contributed by atoms with Gasteiger partial charge in [-0.3, -0.25) is 14.9 Å². The van der Waals surface area contributed by atoms with Crippen molar-refractivity contribution in [2.24, 2.45) is 0 Å².